The number of hydrogen-bond acceptors (Lipinski definition) is 5. The summed E-state index contributed by atoms with van der Waals surface area (Å²) in [5, 5.41) is 4.48. The molecule has 2 aromatic carbocycles. The molecule has 0 saturated heterocycles. The third-order valence-corrected chi connectivity index (χ3v) is 4.15. The highest BCUT2D eigenvalue weighted by atomic mass is 35.5. The molecule has 0 aliphatic carbocycles. The number of aromatic nitrogens is 3. The molecule has 5 nitrogen and oxygen atoms in total. The van der Waals surface area contributed by atoms with Gasteiger partial charge in [-0.15, -0.1) is 0 Å². The quantitative estimate of drug-likeness (QED) is 0.544. The molecular weight excluding hydrogens is 353 g/mol. The Kier molecular flexibility index (Phi) is 4.10. The smallest absolute Gasteiger partial charge is 0.157 e. The molecule has 0 bridgehead atoms. The third-order valence-electron chi connectivity index (χ3n) is 3.91. The van der Waals surface area contributed by atoms with Crippen LogP contribution in [0.1, 0.15) is 0 Å². The molecule has 0 radical (unpaired) electrons. The van der Waals surface area contributed by atoms with E-state index in [1.54, 1.807) is 12.1 Å². The predicted octanol–water partition coefficient (Wildman–Crippen LogP) is 4.81. The van der Waals surface area contributed by atoms with Gasteiger partial charge in [-0.1, -0.05) is 29.8 Å². The topological polar surface area (TPSA) is 76.7 Å². The fraction of sp³-hybridized carbons (Fsp3) is 0. The van der Waals surface area contributed by atoms with E-state index < -0.39 is 5.82 Å². The Hall–Kier alpha value is -3.25. The van der Waals surface area contributed by atoms with Gasteiger partial charge >= 0.3 is 0 Å². The number of nitrogens with two attached hydrogens (primary N) is 1. The Labute approximate surface area is 153 Å². The van der Waals surface area contributed by atoms with E-state index in [9.17, 15) is 4.39 Å². The van der Waals surface area contributed by atoms with Gasteiger partial charge in [-0.25, -0.2) is 19.3 Å². The molecule has 3 N–H and O–H groups in total. The van der Waals surface area contributed by atoms with Crippen LogP contribution < -0.4 is 11.1 Å². The normalized spacial score (nSPS) is 10.8. The van der Waals surface area contributed by atoms with E-state index in [4.69, 9.17) is 17.3 Å². The van der Waals surface area contributed by atoms with Crippen LogP contribution in [0.4, 0.5) is 21.6 Å². The summed E-state index contributed by atoms with van der Waals surface area (Å²) >= 11 is 6.03. The summed E-state index contributed by atoms with van der Waals surface area (Å²) in [4.78, 5) is 12.6. The summed E-state index contributed by atoms with van der Waals surface area (Å²) in [5.74, 6) is 0.0681. The van der Waals surface area contributed by atoms with Crippen LogP contribution in [0.5, 0.6) is 0 Å². The van der Waals surface area contributed by atoms with Crippen LogP contribution in [-0.2, 0) is 0 Å². The van der Waals surface area contributed by atoms with Crippen LogP contribution in [0.15, 0.2) is 61.1 Å². The first kappa shape index (κ1) is 16.2. The lowest BCUT2D eigenvalue weighted by Gasteiger charge is -2.13. The van der Waals surface area contributed by atoms with E-state index in [0.29, 0.717) is 39.0 Å². The SMILES string of the molecule is Nc1cncnc1Nc1cc(-c2cc(Cl)ccc2F)nc2ccccc12. The van der Waals surface area contributed by atoms with E-state index in [-0.39, 0.29) is 0 Å². The standard InChI is InChI=1S/C19H13ClFN5/c20-11-5-6-14(21)13(7-11)18-8-17(12-3-1-2-4-16(12)25-18)26-19-15(22)9-23-10-24-19/h1-10H,22H2,(H,23,24,25,26). The number of hydrogen-bond donors (Lipinski definition) is 2. The number of rotatable bonds is 3. The maximum absolute atomic E-state index is 14.3. The molecule has 128 valence electrons. The number of nitrogens with one attached hydrogen (secondary N) is 1. The zero-order valence-corrected chi connectivity index (χ0v) is 14.2. The Morgan fingerprint density at radius 3 is 2.77 bits per heavy atom. The molecule has 0 atom stereocenters. The lowest BCUT2D eigenvalue weighted by molar-refractivity contribution is 0.631. The van der Waals surface area contributed by atoms with E-state index in [0.717, 1.165) is 5.39 Å². The highest BCUT2D eigenvalue weighted by Crippen LogP contribution is 2.33. The molecule has 4 aromatic rings. The summed E-state index contributed by atoms with van der Waals surface area (Å²) < 4.78 is 14.3. The molecule has 0 saturated carbocycles. The first-order valence-electron chi connectivity index (χ1n) is 7.79. The fourth-order valence-corrected chi connectivity index (χ4v) is 2.86. The average molecular weight is 366 g/mol. The van der Waals surface area contributed by atoms with Crippen molar-refractivity contribution in [3.8, 4) is 11.3 Å². The van der Waals surface area contributed by atoms with Gasteiger partial charge in [0.25, 0.3) is 0 Å². The predicted molar refractivity (Wildman–Crippen MR) is 102 cm³/mol. The van der Waals surface area contributed by atoms with Gasteiger partial charge in [-0.05, 0) is 30.3 Å². The molecule has 26 heavy (non-hydrogen) atoms. The maximum Gasteiger partial charge on any atom is 0.157 e. The summed E-state index contributed by atoms with van der Waals surface area (Å²) in [6.45, 7) is 0. The number of fused-ring (bicyclic) bond motifs is 1. The molecular formula is C19H13ClFN5. The molecule has 0 fully saturated rings. The van der Waals surface area contributed by atoms with Gasteiger partial charge in [0.05, 0.1) is 28.8 Å². The van der Waals surface area contributed by atoms with Crippen LogP contribution in [-0.4, -0.2) is 15.0 Å². The molecule has 2 heterocycles. The monoisotopic (exact) mass is 365 g/mol. The first-order chi connectivity index (χ1) is 12.6. The fourth-order valence-electron chi connectivity index (χ4n) is 2.68. The summed E-state index contributed by atoms with van der Waals surface area (Å²) in [5.41, 5.74) is 8.52. The minimum atomic E-state index is -0.398. The van der Waals surface area contributed by atoms with Crippen molar-refractivity contribution < 1.29 is 4.39 Å². The highest BCUT2D eigenvalue weighted by Gasteiger charge is 2.13. The molecule has 0 aliphatic rings. The zero-order chi connectivity index (χ0) is 18.1. The Balaban J connectivity index is 1.91. The second-order valence-electron chi connectivity index (χ2n) is 5.65. The molecule has 7 heteroatoms. The van der Waals surface area contributed by atoms with Crippen molar-refractivity contribution in [3.05, 3.63) is 71.9 Å². The second-order valence-corrected chi connectivity index (χ2v) is 6.08. The van der Waals surface area contributed by atoms with Crippen molar-refractivity contribution in [2.45, 2.75) is 0 Å². The lowest BCUT2D eigenvalue weighted by atomic mass is 10.1. The molecule has 0 amide bonds. The van der Waals surface area contributed by atoms with Gasteiger partial charge in [0.15, 0.2) is 5.82 Å². The summed E-state index contributed by atoms with van der Waals surface area (Å²) in [6.07, 6.45) is 2.91. The minimum Gasteiger partial charge on any atom is -0.394 e. The molecule has 0 aliphatic heterocycles. The maximum atomic E-state index is 14.3. The Morgan fingerprint density at radius 2 is 1.92 bits per heavy atom. The van der Waals surface area contributed by atoms with E-state index >= 15 is 0 Å². The van der Waals surface area contributed by atoms with Crippen LogP contribution >= 0.6 is 11.6 Å². The van der Waals surface area contributed by atoms with Gasteiger partial charge in [0, 0.05) is 16.0 Å². The summed E-state index contributed by atoms with van der Waals surface area (Å²) in [6, 6.07) is 13.7. The number of pyridine rings is 1. The largest absolute Gasteiger partial charge is 0.394 e. The molecule has 0 spiro atoms. The average Bonchev–Trinajstić information content (AvgIpc) is 2.65. The van der Waals surface area contributed by atoms with Crippen molar-refractivity contribution in [2.24, 2.45) is 0 Å². The van der Waals surface area contributed by atoms with E-state index in [1.165, 1.54) is 24.7 Å². The van der Waals surface area contributed by atoms with Crippen LogP contribution in [0.3, 0.4) is 0 Å². The van der Waals surface area contributed by atoms with Gasteiger partial charge in [-0.3, -0.25) is 0 Å². The zero-order valence-electron chi connectivity index (χ0n) is 13.4. The first-order valence-corrected chi connectivity index (χ1v) is 8.17. The summed E-state index contributed by atoms with van der Waals surface area (Å²) in [7, 11) is 0. The van der Waals surface area contributed by atoms with Crippen LogP contribution in [0.2, 0.25) is 5.02 Å². The minimum absolute atomic E-state index is 0.321. The number of nitrogens with zero attached hydrogens (tertiary/aromatic N) is 3. The van der Waals surface area contributed by atoms with Crippen molar-refractivity contribution in [1.29, 1.82) is 0 Å². The molecule has 0 unspecified atom stereocenters. The van der Waals surface area contributed by atoms with Gasteiger partial charge < -0.3 is 11.1 Å². The lowest BCUT2D eigenvalue weighted by Crippen LogP contribution is -2.01. The number of benzene rings is 2. The van der Waals surface area contributed by atoms with Crippen molar-refractivity contribution in [2.75, 3.05) is 11.1 Å². The van der Waals surface area contributed by atoms with Crippen molar-refractivity contribution >= 4 is 39.7 Å². The van der Waals surface area contributed by atoms with E-state index in [2.05, 4.69) is 20.3 Å². The van der Waals surface area contributed by atoms with Crippen LogP contribution in [0, 0.1) is 5.82 Å². The van der Waals surface area contributed by atoms with E-state index in [1.807, 2.05) is 24.3 Å². The number of anilines is 3. The number of para-hydroxylation sites is 1. The van der Waals surface area contributed by atoms with Gasteiger partial charge in [0.1, 0.15) is 12.1 Å². The Morgan fingerprint density at radius 1 is 1.08 bits per heavy atom. The second kappa shape index (κ2) is 6.57. The highest BCUT2D eigenvalue weighted by molar-refractivity contribution is 6.30. The van der Waals surface area contributed by atoms with Gasteiger partial charge in [0.2, 0.25) is 0 Å². The van der Waals surface area contributed by atoms with Crippen molar-refractivity contribution in [3.63, 3.8) is 0 Å². The van der Waals surface area contributed by atoms with Crippen molar-refractivity contribution in [1.82, 2.24) is 15.0 Å². The molecule has 4 rings (SSSR count). The third kappa shape index (κ3) is 3.02. The number of halogens is 2. The molecule has 2 aromatic heterocycles. The van der Waals surface area contributed by atoms with Gasteiger partial charge in [-0.2, -0.15) is 0 Å². The van der Waals surface area contributed by atoms with Crippen LogP contribution in [0.25, 0.3) is 22.2 Å². The Bertz CT molecular complexity index is 1120. The number of nitrogen functional groups attached to an aromatic ring is 1.